The zero-order chi connectivity index (χ0) is 17.5. The second-order valence-corrected chi connectivity index (χ2v) is 5.78. The summed E-state index contributed by atoms with van der Waals surface area (Å²) in [6.45, 7) is 1.67. The number of hydrogen-bond acceptors (Lipinski definition) is 4. The summed E-state index contributed by atoms with van der Waals surface area (Å²) in [7, 11) is 1.53. The van der Waals surface area contributed by atoms with Crippen LogP contribution in [0, 0.1) is 6.92 Å². The molecule has 0 bridgehead atoms. The van der Waals surface area contributed by atoms with Gasteiger partial charge in [-0.3, -0.25) is 20.4 Å². The average molecular weight is 393 g/mol. The first kappa shape index (κ1) is 17.8. The molecule has 0 fully saturated rings. The summed E-state index contributed by atoms with van der Waals surface area (Å²) < 4.78 is 11.2. The van der Waals surface area contributed by atoms with Crippen molar-refractivity contribution in [1.82, 2.24) is 10.9 Å². The normalized spacial score (nSPS) is 9.96. The number of ether oxygens (including phenoxy) is 2. The first-order valence-corrected chi connectivity index (χ1v) is 7.91. The smallest absolute Gasteiger partial charge is 0.276 e. The lowest BCUT2D eigenvalue weighted by atomic mass is 10.2. The van der Waals surface area contributed by atoms with Gasteiger partial charge in [0.1, 0.15) is 0 Å². The molecule has 6 nitrogen and oxygen atoms in total. The molecule has 126 valence electrons. The molecule has 24 heavy (non-hydrogen) atoms. The van der Waals surface area contributed by atoms with Gasteiger partial charge in [-0.05, 0) is 52.7 Å². The van der Waals surface area contributed by atoms with Crippen molar-refractivity contribution in [2.75, 3.05) is 13.7 Å². The molecule has 2 amide bonds. The van der Waals surface area contributed by atoms with E-state index in [1.165, 1.54) is 7.11 Å². The monoisotopic (exact) mass is 392 g/mol. The minimum atomic E-state index is -0.488. The molecule has 0 saturated carbocycles. The summed E-state index contributed by atoms with van der Waals surface area (Å²) >= 11 is 3.27. The fourth-order valence-corrected chi connectivity index (χ4v) is 2.38. The van der Waals surface area contributed by atoms with Gasteiger partial charge in [0, 0.05) is 4.47 Å². The van der Waals surface area contributed by atoms with Crippen molar-refractivity contribution in [2.24, 2.45) is 0 Å². The third-order valence-electron chi connectivity index (χ3n) is 3.11. The molecule has 0 aliphatic rings. The van der Waals surface area contributed by atoms with Gasteiger partial charge in [-0.25, -0.2) is 0 Å². The van der Waals surface area contributed by atoms with E-state index in [0.29, 0.717) is 21.5 Å². The molecule has 2 N–H and O–H groups in total. The number of halogens is 1. The Labute approximate surface area is 148 Å². The number of carbonyl (C=O) groups is 2. The van der Waals surface area contributed by atoms with Gasteiger partial charge in [0.05, 0.1) is 12.7 Å². The van der Waals surface area contributed by atoms with E-state index in [2.05, 4.69) is 26.8 Å². The van der Waals surface area contributed by atoms with E-state index in [0.717, 1.165) is 5.56 Å². The zero-order valence-corrected chi connectivity index (χ0v) is 14.8. The topological polar surface area (TPSA) is 76.7 Å². The van der Waals surface area contributed by atoms with Crippen LogP contribution in [-0.2, 0) is 4.79 Å². The van der Waals surface area contributed by atoms with Crippen LogP contribution in [0.1, 0.15) is 15.9 Å². The zero-order valence-electron chi connectivity index (χ0n) is 13.3. The summed E-state index contributed by atoms with van der Waals surface area (Å²) in [6.07, 6.45) is 0. The van der Waals surface area contributed by atoms with E-state index in [1.54, 1.807) is 30.3 Å². The second-order valence-electron chi connectivity index (χ2n) is 4.93. The molecule has 0 aliphatic heterocycles. The Balaban J connectivity index is 1.86. The molecule has 7 heteroatoms. The first-order valence-electron chi connectivity index (χ1n) is 7.12. The van der Waals surface area contributed by atoms with Crippen molar-refractivity contribution in [2.45, 2.75) is 6.92 Å². The molecule has 0 heterocycles. The third-order valence-corrected chi connectivity index (χ3v) is 3.80. The summed E-state index contributed by atoms with van der Waals surface area (Å²) in [5.41, 5.74) is 6.07. The number of amides is 2. The van der Waals surface area contributed by atoms with Gasteiger partial charge < -0.3 is 9.47 Å². The van der Waals surface area contributed by atoms with Crippen molar-refractivity contribution in [3.05, 3.63) is 58.1 Å². The van der Waals surface area contributed by atoms with Crippen molar-refractivity contribution in [3.63, 3.8) is 0 Å². The Bertz CT molecular complexity index is 749. The number of rotatable bonds is 5. The molecule has 0 saturated heterocycles. The standard InChI is InChI=1S/C17H17BrN2O4/c1-11-7-8-14(15(9-11)23-2)24-10-16(21)19-20-17(22)12-5-3-4-6-13(12)18/h3-9H,10H2,1-2H3,(H,19,21)(H,20,22). The fraction of sp³-hybridized carbons (Fsp3) is 0.176. The van der Waals surface area contributed by atoms with Crippen molar-refractivity contribution >= 4 is 27.7 Å². The summed E-state index contributed by atoms with van der Waals surface area (Å²) in [6, 6.07) is 12.3. The lowest BCUT2D eigenvalue weighted by Gasteiger charge is -2.12. The summed E-state index contributed by atoms with van der Waals surface area (Å²) in [5.74, 6) is 0.0807. The SMILES string of the molecule is COc1cc(C)ccc1OCC(=O)NNC(=O)c1ccccc1Br. The number of nitrogens with one attached hydrogen (secondary N) is 2. The highest BCUT2D eigenvalue weighted by Gasteiger charge is 2.11. The van der Waals surface area contributed by atoms with E-state index >= 15 is 0 Å². The third kappa shape index (κ3) is 4.73. The second kappa shape index (κ2) is 8.35. The molecular formula is C17H17BrN2O4. The van der Waals surface area contributed by atoms with Gasteiger partial charge in [0.2, 0.25) is 0 Å². The van der Waals surface area contributed by atoms with Crippen LogP contribution in [0.4, 0.5) is 0 Å². The predicted octanol–water partition coefficient (Wildman–Crippen LogP) is 2.61. The molecule has 0 aromatic heterocycles. The fourth-order valence-electron chi connectivity index (χ4n) is 1.91. The van der Waals surface area contributed by atoms with Gasteiger partial charge in [-0.15, -0.1) is 0 Å². The molecular weight excluding hydrogens is 376 g/mol. The first-order chi connectivity index (χ1) is 11.5. The maximum Gasteiger partial charge on any atom is 0.276 e. The molecule has 0 radical (unpaired) electrons. The molecule has 2 aromatic rings. The summed E-state index contributed by atoms with van der Waals surface area (Å²) in [5, 5.41) is 0. The van der Waals surface area contributed by atoms with Crippen LogP contribution in [-0.4, -0.2) is 25.5 Å². The average Bonchev–Trinajstić information content (AvgIpc) is 2.58. The minimum absolute atomic E-state index is 0.254. The highest BCUT2D eigenvalue weighted by molar-refractivity contribution is 9.10. The van der Waals surface area contributed by atoms with Gasteiger partial charge in [0.25, 0.3) is 11.8 Å². The van der Waals surface area contributed by atoms with Gasteiger partial charge in [-0.2, -0.15) is 0 Å². The number of methoxy groups -OCH3 is 1. The van der Waals surface area contributed by atoms with Crippen LogP contribution in [0.2, 0.25) is 0 Å². The number of hydrazine groups is 1. The summed E-state index contributed by atoms with van der Waals surface area (Å²) in [4.78, 5) is 23.8. The van der Waals surface area contributed by atoms with E-state index in [4.69, 9.17) is 9.47 Å². The van der Waals surface area contributed by atoms with E-state index in [-0.39, 0.29) is 6.61 Å². The van der Waals surface area contributed by atoms with E-state index in [1.807, 2.05) is 19.1 Å². The van der Waals surface area contributed by atoms with E-state index in [9.17, 15) is 9.59 Å². The van der Waals surface area contributed by atoms with Crippen molar-refractivity contribution in [1.29, 1.82) is 0 Å². The lowest BCUT2D eigenvalue weighted by molar-refractivity contribution is -0.123. The van der Waals surface area contributed by atoms with Gasteiger partial charge >= 0.3 is 0 Å². The van der Waals surface area contributed by atoms with Crippen LogP contribution in [0.5, 0.6) is 11.5 Å². The molecule has 0 atom stereocenters. The predicted molar refractivity (Wildman–Crippen MR) is 93.0 cm³/mol. The molecule has 0 spiro atoms. The van der Waals surface area contributed by atoms with Crippen LogP contribution >= 0.6 is 15.9 Å². The van der Waals surface area contributed by atoms with Crippen LogP contribution in [0.3, 0.4) is 0 Å². The Hall–Kier alpha value is -2.54. The Morgan fingerprint density at radius 2 is 1.83 bits per heavy atom. The highest BCUT2D eigenvalue weighted by Crippen LogP contribution is 2.27. The van der Waals surface area contributed by atoms with Crippen molar-refractivity contribution in [3.8, 4) is 11.5 Å². The van der Waals surface area contributed by atoms with Gasteiger partial charge in [0.15, 0.2) is 18.1 Å². The van der Waals surface area contributed by atoms with Crippen molar-refractivity contribution < 1.29 is 19.1 Å². The molecule has 2 rings (SSSR count). The lowest BCUT2D eigenvalue weighted by Crippen LogP contribution is -2.43. The number of benzene rings is 2. The minimum Gasteiger partial charge on any atom is -0.493 e. The maximum absolute atomic E-state index is 12.0. The Kier molecular flexibility index (Phi) is 6.20. The number of aryl methyl sites for hydroxylation is 1. The van der Waals surface area contributed by atoms with Crippen LogP contribution in [0.15, 0.2) is 46.9 Å². The van der Waals surface area contributed by atoms with Gasteiger partial charge in [-0.1, -0.05) is 18.2 Å². The molecule has 2 aromatic carbocycles. The number of carbonyl (C=O) groups excluding carboxylic acids is 2. The maximum atomic E-state index is 12.0. The molecule has 0 aliphatic carbocycles. The largest absolute Gasteiger partial charge is 0.493 e. The van der Waals surface area contributed by atoms with Crippen LogP contribution in [0.25, 0.3) is 0 Å². The highest BCUT2D eigenvalue weighted by atomic mass is 79.9. The number of hydrogen-bond donors (Lipinski definition) is 2. The van der Waals surface area contributed by atoms with Crippen LogP contribution < -0.4 is 20.3 Å². The Morgan fingerprint density at radius 3 is 2.54 bits per heavy atom. The Morgan fingerprint density at radius 1 is 1.08 bits per heavy atom. The molecule has 0 unspecified atom stereocenters. The quantitative estimate of drug-likeness (QED) is 0.766. The van der Waals surface area contributed by atoms with E-state index < -0.39 is 11.8 Å².